The average Bonchev–Trinajstić information content (AvgIpc) is 2.86. The first-order valence-electron chi connectivity index (χ1n) is 7.58. The summed E-state index contributed by atoms with van der Waals surface area (Å²) in [4.78, 5) is 0. The molecule has 0 aromatic heterocycles. The lowest BCUT2D eigenvalue weighted by Crippen LogP contribution is -2.41. The average molecular weight is 243 g/mol. The van der Waals surface area contributed by atoms with Crippen LogP contribution < -0.4 is 5.73 Å². The van der Waals surface area contributed by atoms with Crippen LogP contribution in [0.3, 0.4) is 0 Å². The first kappa shape index (κ1) is 12.2. The van der Waals surface area contributed by atoms with Crippen molar-refractivity contribution >= 4 is 0 Å². The number of benzene rings is 1. The van der Waals surface area contributed by atoms with Crippen LogP contribution in [0.4, 0.5) is 0 Å². The van der Waals surface area contributed by atoms with Gasteiger partial charge in [0.05, 0.1) is 0 Å². The van der Waals surface area contributed by atoms with Gasteiger partial charge in [-0.1, -0.05) is 44.0 Å². The molecule has 0 radical (unpaired) electrons. The molecule has 98 valence electrons. The number of nitrogens with two attached hydrogens (primary N) is 1. The Balaban J connectivity index is 1.67. The fraction of sp³-hybridized carbons (Fsp3) is 0.647. The molecule has 2 N–H and O–H groups in total. The van der Waals surface area contributed by atoms with E-state index in [9.17, 15) is 0 Å². The maximum atomic E-state index is 6.59. The minimum atomic E-state index is 0.406. The summed E-state index contributed by atoms with van der Waals surface area (Å²) >= 11 is 0. The second-order valence-corrected chi connectivity index (χ2v) is 6.37. The Kier molecular flexibility index (Phi) is 3.19. The van der Waals surface area contributed by atoms with Crippen molar-refractivity contribution in [1.29, 1.82) is 0 Å². The molecule has 0 spiro atoms. The van der Waals surface area contributed by atoms with E-state index in [4.69, 9.17) is 5.73 Å². The lowest BCUT2D eigenvalue weighted by Gasteiger charge is -2.39. The maximum absolute atomic E-state index is 6.59. The van der Waals surface area contributed by atoms with Gasteiger partial charge in [0.15, 0.2) is 0 Å². The van der Waals surface area contributed by atoms with E-state index in [1.54, 1.807) is 11.1 Å². The highest BCUT2D eigenvalue weighted by Crippen LogP contribution is 2.47. The first-order valence-corrected chi connectivity index (χ1v) is 7.58. The van der Waals surface area contributed by atoms with E-state index in [1.807, 2.05) is 0 Å². The Bertz CT molecular complexity index is 417. The summed E-state index contributed by atoms with van der Waals surface area (Å²) in [6.07, 6.45) is 9.22. The second kappa shape index (κ2) is 4.70. The molecule has 2 aliphatic carbocycles. The van der Waals surface area contributed by atoms with Crippen molar-refractivity contribution in [3.05, 3.63) is 35.4 Å². The number of fused-ring (bicyclic) bond motifs is 1. The Morgan fingerprint density at radius 1 is 1.28 bits per heavy atom. The minimum absolute atomic E-state index is 0.406. The highest BCUT2D eigenvalue weighted by Gasteiger charge is 2.40. The van der Waals surface area contributed by atoms with Crippen LogP contribution in [0.2, 0.25) is 0 Å². The van der Waals surface area contributed by atoms with E-state index in [0.29, 0.717) is 11.5 Å². The minimum Gasteiger partial charge on any atom is -0.327 e. The van der Waals surface area contributed by atoms with Gasteiger partial charge in [0.1, 0.15) is 0 Å². The van der Waals surface area contributed by atoms with E-state index in [2.05, 4.69) is 31.2 Å². The predicted octanol–water partition coefficient (Wildman–Crippen LogP) is 4.01. The van der Waals surface area contributed by atoms with Crippen molar-refractivity contribution < 1.29 is 0 Å². The molecule has 2 aliphatic rings. The lowest BCUT2D eigenvalue weighted by molar-refractivity contribution is 0.199. The van der Waals surface area contributed by atoms with E-state index >= 15 is 0 Å². The van der Waals surface area contributed by atoms with Crippen molar-refractivity contribution in [1.82, 2.24) is 0 Å². The SMILES string of the molecule is CCC1(C(N)CC2Cc3ccccc32)CCCC1. The van der Waals surface area contributed by atoms with Crippen LogP contribution in [-0.2, 0) is 6.42 Å². The van der Waals surface area contributed by atoms with E-state index in [1.165, 1.54) is 44.9 Å². The third-order valence-corrected chi connectivity index (χ3v) is 5.59. The van der Waals surface area contributed by atoms with Crippen molar-refractivity contribution in [3.8, 4) is 0 Å². The van der Waals surface area contributed by atoms with Gasteiger partial charge >= 0.3 is 0 Å². The normalized spacial score (nSPS) is 26.4. The monoisotopic (exact) mass is 243 g/mol. The van der Waals surface area contributed by atoms with Crippen molar-refractivity contribution in [2.24, 2.45) is 11.1 Å². The molecule has 0 bridgehead atoms. The fourth-order valence-corrected chi connectivity index (χ4v) is 4.20. The van der Waals surface area contributed by atoms with Crippen LogP contribution in [0.25, 0.3) is 0 Å². The van der Waals surface area contributed by atoms with E-state index in [0.717, 1.165) is 5.92 Å². The first-order chi connectivity index (χ1) is 8.75. The standard InChI is InChI=1S/C17H25N/c1-2-17(9-5-6-10-17)16(18)12-14-11-13-7-3-4-8-15(13)14/h3-4,7-8,14,16H,2,5-6,9-12,18H2,1H3. The summed E-state index contributed by atoms with van der Waals surface area (Å²) in [5.41, 5.74) is 10.2. The maximum Gasteiger partial charge on any atom is 0.0101 e. The second-order valence-electron chi connectivity index (χ2n) is 6.37. The third kappa shape index (κ3) is 1.89. The van der Waals surface area contributed by atoms with Gasteiger partial charge < -0.3 is 5.73 Å². The van der Waals surface area contributed by atoms with Gasteiger partial charge in [-0.2, -0.15) is 0 Å². The summed E-state index contributed by atoms with van der Waals surface area (Å²) in [5, 5.41) is 0. The van der Waals surface area contributed by atoms with E-state index < -0.39 is 0 Å². The molecule has 0 amide bonds. The van der Waals surface area contributed by atoms with Crippen LogP contribution >= 0.6 is 0 Å². The molecular weight excluding hydrogens is 218 g/mol. The van der Waals surface area contributed by atoms with Crippen molar-refractivity contribution in [3.63, 3.8) is 0 Å². The lowest BCUT2D eigenvalue weighted by atomic mass is 9.68. The third-order valence-electron chi connectivity index (χ3n) is 5.59. The number of rotatable bonds is 4. The molecule has 1 heteroatoms. The van der Waals surface area contributed by atoms with Gasteiger partial charge in [0.25, 0.3) is 0 Å². The van der Waals surface area contributed by atoms with Gasteiger partial charge in [-0.15, -0.1) is 0 Å². The van der Waals surface area contributed by atoms with Crippen LogP contribution in [0.15, 0.2) is 24.3 Å². The summed E-state index contributed by atoms with van der Waals surface area (Å²) in [6, 6.07) is 9.29. The molecule has 1 nitrogen and oxygen atoms in total. The Labute approximate surface area is 111 Å². The topological polar surface area (TPSA) is 26.0 Å². The molecule has 2 atom stereocenters. The van der Waals surface area contributed by atoms with E-state index in [-0.39, 0.29) is 0 Å². The highest BCUT2D eigenvalue weighted by atomic mass is 14.7. The Morgan fingerprint density at radius 2 is 2.00 bits per heavy atom. The van der Waals surface area contributed by atoms with Crippen LogP contribution in [-0.4, -0.2) is 6.04 Å². The molecule has 1 saturated carbocycles. The smallest absolute Gasteiger partial charge is 0.0101 e. The molecule has 2 unspecified atom stereocenters. The van der Waals surface area contributed by atoms with Gasteiger partial charge in [0.2, 0.25) is 0 Å². The Morgan fingerprint density at radius 3 is 2.67 bits per heavy atom. The Hall–Kier alpha value is -0.820. The quantitative estimate of drug-likeness (QED) is 0.849. The molecule has 0 saturated heterocycles. The summed E-state index contributed by atoms with van der Waals surface area (Å²) in [5.74, 6) is 0.736. The van der Waals surface area contributed by atoms with Gasteiger partial charge in [-0.25, -0.2) is 0 Å². The zero-order chi connectivity index (χ0) is 12.6. The molecule has 1 aromatic carbocycles. The van der Waals surface area contributed by atoms with Crippen molar-refractivity contribution in [2.45, 2.75) is 63.8 Å². The number of hydrogen-bond donors (Lipinski definition) is 1. The molecular formula is C17H25N. The van der Waals surface area contributed by atoms with Crippen LogP contribution in [0.5, 0.6) is 0 Å². The molecule has 0 heterocycles. The van der Waals surface area contributed by atoms with Gasteiger partial charge in [0, 0.05) is 6.04 Å². The largest absolute Gasteiger partial charge is 0.327 e. The molecule has 18 heavy (non-hydrogen) atoms. The van der Waals surface area contributed by atoms with Gasteiger partial charge in [-0.3, -0.25) is 0 Å². The molecule has 0 aliphatic heterocycles. The summed E-state index contributed by atoms with van der Waals surface area (Å²) in [6.45, 7) is 2.33. The predicted molar refractivity (Wildman–Crippen MR) is 76.7 cm³/mol. The molecule has 1 fully saturated rings. The molecule has 3 rings (SSSR count). The molecule has 1 aromatic rings. The zero-order valence-electron chi connectivity index (χ0n) is 11.5. The summed E-state index contributed by atoms with van der Waals surface area (Å²) in [7, 11) is 0. The highest BCUT2D eigenvalue weighted by molar-refractivity contribution is 5.40. The van der Waals surface area contributed by atoms with Crippen LogP contribution in [0, 0.1) is 5.41 Å². The van der Waals surface area contributed by atoms with Crippen LogP contribution in [0.1, 0.15) is 62.5 Å². The number of hydrogen-bond acceptors (Lipinski definition) is 1. The van der Waals surface area contributed by atoms with Gasteiger partial charge in [-0.05, 0) is 54.6 Å². The summed E-state index contributed by atoms with van der Waals surface area (Å²) < 4.78 is 0. The van der Waals surface area contributed by atoms with Crippen molar-refractivity contribution in [2.75, 3.05) is 0 Å². The fourth-order valence-electron chi connectivity index (χ4n) is 4.20. The zero-order valence-corrected chi connectivity index (χ0v) is 11.5.